The summed E-state index contributed by atoms with van der Waals surface area (Å²) in [6.45, 7) is 6.04. The Morgan fingerprint density at radius 1 is 0.912 bits per heavy atom. The molecule has 14 nitrogen and oxygen atoms in total. The molecule has 0 unspecified atom stereocenters. The SMILES string of the molecule is COc1ccc(CN([C@H]2CCN(C(=O)CCCCNC(=O)OC(C)(C)C)[C@H]2COC2CCC(c3cccc(OS(=O)(=O)C(F)(F)F)c3)CC2)S(=O)(=O)N(C)C)cc1. The molecule has 0 radical (unpaired) electrons. The Labute approximate surface area is 334 Å². The fourth-order valence-corrected chi connectivity index (χ4v) is 8.79. The van der Waals surface area contributed by atoms with Crippen molar-refractivity contribution in [2.75, 3.05) is 40.9 Å². The fraction of sp³-hybridized carbons (Fsp3) is 0.632. The van der Waals surface area contributed by atoms with Crippen molar-refractivity contribution in [1.82, 2.24) is 18.8 Å². The van der Waals surface area contributed by atoms with E-state index in [9.17, 15) is 39.6 Å². The Morgan fingerprint density at radius 3 is 2.18 bits per heavy atom. The van der Waals surface area contributed by atoms with Crippen molar-refractivity contribution < 1.29 is 58.0 Å². The highest BCUT2D eigenvalue weighted by atomic mass is 32.2. The monoisotopic (exact) mass is 848 g/mol. The highest BCUT2D eigenvalue weighted by Crippen LogP contribution is 2.37. The van der Waals surface area contributed by atoms with Gasteiger partial charge in [0.15, 0.2) is 0 Å². The summed E-state index contributed by atoms with van der Waals surface area (Å²) in [5.41, 5.74) is -4.82. The first kappa shape index (κ1) is 46.0. The molecule has 19 heteroatoms. The standard InChI is InChI=1S/C38H55F3N4O10S2/c1-37(2,3)54-36(47)42-22-8-7-12-35(46)44-23-21-33(45(57(50,51)43(4)5)25-27-13-17-30(52-6)18-14-27)34(44)26-53-31-19-15-28(16-20-31)29-10-9-11-32(24-29)55-56(48,49)38(39,40)41/h9-11,13-14,17-18,24,28,31,33-34H,7-8,12,15-16,19-23,25-26H2,1-6H3,(H,42,47)/t28?,31?,33-,34-/m0/s1. The second kappa shape index (κ2) is 19.4. The molecule has 2 aromatic rings. The van der Waals surface area contributed by atoms with E-state index in [1.54, 1.807) is 63.1 Å². The molecule has 57 heavy (non-hydrogen) atoms. The molecular formula is C38H55F3N4O10S2. The number of nitrogens with zero attached hydrogens (tertiary/aromatic N) is 3. The quantitative estimate of drug-likeness (QED) is 0.115. The normalized spacial score (nSPS) is 20.8. The minimum absolute atomic E-state index is 0.0438. The van der Waals surface area contributed by atoms with Crippen molar-refractivity contribution in [1.29, 1.82) is 0 Å². The van der Waals surface area contributed by atoms with Gasteiger partial charge in [-0.3, -0.25) is 4.79 Å². The summed E-state index contributed by atoms with van der Waals surface area (Å²) in [6, 6.07) is 11.5. The van der Waals surface area contributed by atoms with E-state index in [4.69, 9.17) is 14.2 Å². The average Bonchev–Trinajstić information content (AvgIpc) is 3.55. The van der Waals surface area contributed by atoms with Crippen LogP contribution in [-0.2, 0) is 41.1 Å². The molecule has 1 N–H and O–H groups in total. The van der Waals surface area contributed by atoms with Crippen LogP contribution >= 0.6 is 0 Å². The summed E-state index contributed by atoms with van der Waals surface area (Å²) in [7, 11) is -5.34. The van der Waals surface area contributed by atoms with Crippen LogP contribution in [0.15, 0.2) is 48.5 Å². The number of methoxy groups -OCH3 is 1. The fourth-order valence-electron chi connectivity index (χ4n) is 7.02. The summed E-state index contributed by atoms with van der Waals surface area (Å²) >= 11 is 0. The van der Waals surface area contributed by atoms with E-state index in [1.165, 1.54) is 30.5 Å². The molecule has 1 aliphatic carbocycles. The predicted molar refractivity (Wildman–Crippen MR) is 206 cm³/mol. The van der Waals surface area contributed by atoms with Crippen LogP contribution < -0.4 is 14.2 Å². The van der Waals surface area contributed by atoms with Crippen LogP contribution in [0, 0.1) is 0 Å². The van der Waals surface area contributed by atoms with E-state index >= 15 is 0 Å². The summed E-state index contributed by atoms with van der Waals surface area (Å²) < 4.78 is 114. The minimum atomic E-state index is -5.81. The van der Waals surface area contributed by atoms with Gasteiger partial charge in [0.1, 0.15) is 17.1 Å². The maximum atomic E-state index is 13.9. The lowest BCUT2D eigenvalue weighted by molar-refractivity contribution is -0.134. The summed E-state index contributed by atoms with van der Waals surface area (Å²) in [4.78, 5) is 27.5. The zero-order valence-electron chi connectivity index (χ0n) is 33.3. The number of nitrogens with one attached hydrogen (secondary N) is 1. The molecule has 320 valence electrons. The van der Waals surface area contributed by atoms with Crippen molar-refractivity contribution in [3.8, 4) is 11.5 Å². The molecule has 0 aromatic heterocycles. The number of ether oxygens (including phenoxy) is 3. The molecule has 2 atom stereocenters. The van der Waals surface area contributed by atoms with Gasteiger partial charge in [-0.2, -0.15) is 38.6 Å². The molecule has 1 saturated carbocycles. The second-order valence-electron chi connectivity index (χ2n) is 15.4. The number of carbonyl (C=O) groups excluding carboxylic acids is 2. The third-order valence-electron chi connectivity index (χ3n) is 9.94. The number of rotatable bonds is 17. The number of carbonyl (C=O) groups is 2. The number of alkyl halides is 3. The first-order valence-electron chi connectivity index (χ1n) is 18.9. The summed E-state index contributed by atoms with van der Waals surface area (Å²) in [6.07, 6.45) is 3.08. The lowest BCUT2D eigenvalue weighted by Gasteiger charge is -2.37. The Morgan fingerprint density at radius 2 is 1.58 bits per heavy atom. The van der Waals surface area contributed by atoms with E-state index in [2.05, 4.69) is 9.50 Å². The zero-order chi connectivity index (χ0) is 42.2. The maximum absolute atomic E-state index is 13.9. The second-order valence-corrected chi connectivity index (χ2v) is 19.1. The first-order valence-corrected chi connectivity index (χ1v) is 21.7. The number of likely N-dealkylation sites (tertiary alicyclic amines) is 1. The van der Waals surface area contributed by atoms with E-state index in [0.717, 1.165) is 15.9 Å². The van der Waals surface area contributed by atoms with Crippen LogP contribution in [0.1, 0.15) is 89.2 Å². The van der Waals surface area contributed by atoms with Gasteiger partial charge in [0.05, 0.1) is 31.9 Å². The first-order chi connectivity index (χ1) is 26.6. The minimum Gasteiger partial charge on any atom is -0.497 e. The van der Waals surface area contributed by atoms with Gasteiger partial charge < -0.3 is 28.6 Å². The van der Waals surface area contributed by atoms with E-state index in [-0.39, 0.29) is 37.5 Å². The predicted octanol–water partition coefficient (Wildman–Crippen LogP) is 5.94. The zero-order valence-corrected chi connectivity index (χ0v) is 34.9. The van der Waals surface area contributed by atoms with Gasteiger partial charge in [-0.1, -0.05) is 24.3 Å². The average molecular weight is 849 g/mol. The lowest BCUT2D eigenvalue weighted by Crippen LogP contribution is -2.53. The molecule has 4 rings (SSSR count). The van der Waals surface area contributed by atoms with Gasteiger partial charge in [0, 0.05) is 40.2 Å². The van der Waals surface area contributed by atoms with E-state index in [0.29, 0.717) is 69.3 Å². The number of halogens is 3. The van der Waals surface area contributed by atoms with E-state index < -0.39 is 55.4 Å². The lowest BCUT2D eigenvalue weighted by atomic mass is 9.82. The Bertz CT molecular complexity index is 1870. The van der Waals surface area contributed by atoms with Crippen molar-refractivity contribution in [3.63, 3.8) is 0 Å². The molecule has 0 spiro atoms. The molecular weight excluding hydrogens is 794 g/mol. The van der Waals surface area contributed by atoms with Crippen LogP contribution in [0.4, 0.5) is 18.0 Å². The van der Waals surface area contributed by atoms with Gasteiger partial charge in [0.25, 0.3) is 10.2 Å². The number of alkyl carbamates (subject to hydrolysis) is 1. The van der Waals surface area contributed by atoms with Crippen LogP contribution in [-0.4, -0.2) is 113 Å². The highest BCUT2D eigenvalue weighted by molar-refractivity contribution is 7.88. The number of benzene rings is 2. The Balaban J connectivity index is 1.47. The van der Waals surface area contributed by atoms with Crippen molar-refractivity contribution in [2.24, 2.45) is 0 Å². The third kappa shape index (κ3) is 12.9. The number of unbranched alkanes of at least 4 members (excludes halogenated alkanes) is 1. The maximum Gasteiger partial charge on any atom is 0.534 e. The highest BCUT2D eigenvalue weighted by Gasteiger charge is 2.49. The van der Waals surface area contributed by atoms with Crippen LogP contribution in [0.3, 0.4) is 0 Å². The molecule has 1 aliphatic heterocycles. The molecule has 2 amide bonds. The molecule has 1 heterocycles. The van der Waals surface area contributed by atoms with Gasteiger partial charge in [-0.05, 0) is 107 Å². The molecule has 2 aromatic carbocycles. The topological polar surface area (TPSA) is 161 Å². The van der Waals surface area contributed by atoms with Gasteiger partial charge in [-0.15, -0.1) is 0 Å². The van der Waals surface area contributed by atoms with Crippen molar-refractivity contribution in [2.45, 2.75) is 114 Å². The molecule has 2 fully saturated rings. The van der Waals surface area contributed by atoms with Crippen LogP contribution in [0.2, 0.25) is 0 Å². The smallest absolute Gasteiger partial charge is 0.497 e. The van der Waals surface area contributed by atoms with E-state index in [1.807, 2.05) is 0 Å². The van der Waals surface area contributed by atoms with Crippen molar-refractivity contribution in [3.05, 3.63) is 59.7 Å². The third-order valence-corrected chi connectivity index (χ3v) is 12.8. The number of hydrogen-bond donors (Lipinski definition) is 1. The number of hydrogen-bond acceptors (Lipinski definition) is 10. The molecule has 0 bridgehead atoms. The van der Waals surface area contributed by atoms with Crippen LogP contribution in [0.25, 0.3) is 0 Å². The van der Waals surface area contributed by atoms with Gasteiger partial charge in [-0.25, -0.2) is 4.79 Å². The van der Waals surface area contributed by atoms with Gasteiger partial charge in [0.2, 0.25) is 5.91 Å². The molecule has 2 aliphatic rings. The summed E-state index contributed by atoms with van der Waals surface area (Å²) in [5.74, 6) is -0.0507. The van der Waals surface area contributed by atoms with Crippen LogP contribution in [0.5, 0.6) is 11.5 Å². The molecule has 1 saturated heterocycles. The Kier molecular flexibility index (Phi) is 15.7. The van der Waals surface area contributed by atoms with Gasteiger partial charge >= 0.3 is 21.7 Å². The number of amides is 2. The largest absolute Gasteiger partial charge is 0.534 e. The van der Waals surface area contributed by atoms with Crippen molar-refractivity contribution >= 4 is 32.3 Å². The summed E-state index contributed by atoms with van der Waals surface area (Å²) in [5, 5.41) is 2.69. The Hall–Kier alpha value is -3.65.